The van der Waals surface area contributed by atoms with Crippen LogP contribution < -0.4 is 16.4 Å². The molecule has 3 aliphatic rings. The summed E-state index contributed by atoms with van der Waals surface area (Å²) in [7, 11) is 0. The molecule has 0 aliphatic carbocycles. The number of carbonyl (C=O) groups excluding carboxylic acids is 3. The lowest BCUT2D eigenvalue weighted by Crippen LogP contribution is -2.42. The smallest absolute Gasteiger partial charge is 0.411 e. The molecule has 2 unspecified atom stereocenters. The maximum absolute atomic E-state index is 12.4. The fourth-order valence-electron chi connectivity index (χ4n) is 5.03. The molecule has 15 nitrogen and oxygen atoms in total. The number of hydrogen-bond acceptors (Lipinski definition) is 11. The van der Waals surface area contributed by atoms with Crippen molar-refractivity contribution in [2.75, 3.05) is 25.4 Å². The average Bonchev–Trinajstić information content (AvgIpc) is 3.62. The SMILES string of the molecule is CCNC(=O)[C@H]1O[C@@H](n2cnc3c(N)nc(C#CCC4CCN(C(=O)OC5CCC(=O)N5)CC4)nc32)C(O)[C@H]1O. The van der Waals surface area contributed by atoms with Gasteiger partial charge in [0.2, 0.25) is 11.7 Å². The number of amides is 3. The second-order valence-corrected chi connectivity index (χ2v) is 9.99. The molecule has 5 atom stereocenters. The minimum absolute atomic E-state index is 0.0895. The molecule has 5 rings (SSSR count). The second-order valence-electron chi connectivity index (χ2n) is 9.99. The van der Waals surface area contributed by atoms with Crippen molar-refractivity contribution >= 4 is 34.9 Å². The first-order valence-electron chi connectivity index (χ1n) is 13.3. The highest BCUT2D eigenvalue weighted by molar-refractivity contribution is 5.83. The second kappa shape index (κ2) is 11.6. The lowest BCUT2D eigenvalue weighted by Gasteiger charge is -2.31. The summed E-state index contributed by atoms with van der Waals surface area (Å²) in [6.45, 7) is 3.15. The summed E-state index contributed by atoms with van der Waals surface area (Å²) in [5, 5.41) is 26.1. The largest absolute Gasteiger partial charge is 0.425 e. The molecule has 214 valence electrons. The number of nitrogens with zero attached hydrogens (tertiary/aromatic N) is 5. The van der Waals surface area contributed by atoms with Crippen LogP contribution >= 0.6 is 0 Å². The van der Waals surface area contributed by atoms with E-state index < -0.39 is 42.8 Å². The fourth-order valence-corrected chi connectivity index (χ4v) is 5.03. The first-order valence-corrected chi connectivity index (χ1v) is 13.3. The predicted molar refractivity (Wildman–Crippen MR) is 138 cm³/mol. The zero-order chi connectivity index (χ0) is 28.4. The first-order chi connectivity index (χ1) is 19.2. The van der Waals surface area contributed by atoms with Gasteiger partial charge < -0.3 is 41.0 Å². The van der Waals surface area contributed by atoms with Gasteiger partial charge in [-0.2, -0.15) is 0 Å². The minimum atomic E-state index is -1.44. The van der Waals surface area contributed by atoms with Crippen LogP contribution in [0.15, 0.2) is 6.33 Å². The highest BCUT2D eigenvalue weighted by atomic mass is 16.6. The van der Waals surface area contributed by atoms with Crippen molar-refractivity contribution in [1.82, 2.24) is 35.1 Å². The highest BCUT2D eigenvalue weighted by Crippen LogP contribution is 2.32. The number of aliphatic hydroxyl groups is 2. The van der Waals surface area contributed by atoms with Crippen LogP contribution in [-0.2, 0) is 19.1 Å². The summed E-state index contributed by atoms with van der Waals surface area (Å²) in [6.07, 6.45) is -1.93. The number of nitrogens with two attached hydrogens (primary N) is 1. The first kappa shape index (κ1) is 27.6. The standard InChI is InChI=1S/C25H32N8O7/c1-2-27-23(37)20-18(35)19(36)24(40-20)33-12-28-17-21(26)29-14(30-22(17)33)5-3-4-13-8-10-32(11-9-13)25(38)39-16-7-6-15(34)31-16/h12-13,16,18-20,24,35-36H,2,4,6-11H2,1H3,(H,27,37)(H,31,34)(H2,26,29,30)/t16?,18-,19?,20+,24-/m1/s1. The van der Waals surface area contributed by atoms with Crippen LogP contribution in [0, 0.1) is 17.8 Å². The number of piperidine rings is 1. The molecule has 40 heavy (non-hydrogen) atoms. The van der Waals surface area contributed by atoms with E-state index in [9.17, 15) is 24.6 Å². The number of hydrogen-bond donors (Lipinski definition) is 5. The van der Waals surface area contributed by atoms with Crippen molar-refractivity contribution in [3.63, 3.8) is 0 Å². The molecule has 6 N–H and O–H groups in total. The summed E-state index contributed by atoms with van der Waals surface area (Å²) >= 11 is 0. The Balaban J connectivity index is 1.21. The van der Waals surface area contributed by atoms with Crippen LogP contribution in [0.25, 0.3) is 11.2 Å². The molecule has 3 amide bonds. The summed E-state index contributed by atoms with van der Waals surface area (Å²) in [5.41, 5.74) is 6.60. The van der Waals surface area contributed by atoms with E-state index in [1.54, 1.807) is 11.8 Å². The zero-order valence-corrected chi connectivity index (χ0v) is 21.9. The van der Waals surface area contributed by atoms with Crippen molar-refractivity contribution in [2.45, 2.75) is 69.8 Å². The molecule has 0 aromatic carbocycles. The van der Waals surface area contributed by atoms with Gasteiger partial charge in [-0.1, -0.05) is 5.92 Å². The van der Waals surface area contributed by atoms with E-state index in [0.29, 0.717) is 38.9 Å². The number of carbonyl (C=O) groups is 3. The van der Waals surface area contributed by atoms with Gasteiger partial charge in [0.05, 0.1) is 6.33 Å². The number of anilines is 1. The van der Waals surface area contributed by atoms with Gasteiger partial charge in [-0.25, -0.2) is 19.7 Å². The van der Waals surface area contributed by atoms with Crippen LogP contribution in [0.1, 0.15) is 51.1 Å². The number of likely N-dealkylation sites (N-methyl/N-ethyl adjacent to an activating group) is 1. The Bertz CT molecular complexity index is 1350. The summed E-state index contributed by atoms with van der Waals surface area (Å²) in [4.78, 5) is 50.4. The maximum Gasteiger partial charge on any atom is 0.411 e. The van der Waals surface area contributed by atoms with E-state index in [4.69, 9.17) is 15.2 Å². The summed E-state index contributed by atoms with van der Waals surface area (Å²) < 4.78 is 12.4. The van der Waals surface area contributed by atoms with E-state index in [1.165, 1.54) is 10.9 Å². The molecule has 3 fully saturated rings. The number of aromatic nitrogens is 4. The van der Waals surface area contributed by atoms with E-state index in [0.717, 1.165) is 12.8 Å². The molecular weight excluding hydrogens is 524 g/mol. The van der Waals surface area contributed by atoms with Crippen molar-refractivity contribution in [2.24, 2.45) is 5.92 Å². The van der Waals surface area contributed by atoms with Crippen LogP contribution in [0.4, 0.5) is 10.6 Å². The Morgan fingerprint density at radius 2 is 2.02 bits per heavy atom. The number of likely N-dealkylation sites (tertiary alicyclic amines) is 1. The van der Waals surface area contributed by atoms with Crippen LogP contribution in [0.3, 0.4) is 0 Å². The van der Waals surface area contributed by atoms with Gasteiger partial charge in [0.25, 0.3) is 5.91 Å². The average molecular weight is 557 g/mol. The lowest BCUT2D eigenvalue weighted by atomic mass is 9.94. The summed E-state index contributed by atoms with van der Waals surface area (Å²) in [6, 6.07) is 0. The van der Waals surface area contributed by atoms with Gasteiger partial charge in [0.15, 0.2) is 30.0 Å². The van der Waals surface area contributed by atoms with E-state index >= 15 is 0 Å². The van der Waals surface area contributed by atoms with Crippen molar-refractivity contribution in [1.29, 1.82) is 0 Å². The van der Waals surface area contributed by atoms with Crippen molar-refractivity contribution < 1.29 is 34.1 Å². The lowest BCUT2D eigenvalue weighted by molar-refractivity contribution is -0.137. The van der Waals surface area contributed by atoms with Crippen molar-refractivity contribution in [3.05, 3.63) is 12.2 Å². The Morgan fingerprint density at radius 1 is 1.25 bits per heavy atom. The molecular formula is C25H32N8O7. The molecule has 0 saturated carbocycles. The summed E-state index contributed by atoms with van der Waals surface area (Å²) in [5.74, 6) is 5.88. The van der Waals surface area contributed by atoms with Gasteiger partial charge in [-0.05, 0) is 31.6 Å². The van der Waals surface area contributed by atoms with Gasteiger partial charge in [0.1, 0.15) is 17.7 Å². The number of aliphatic hydroxyl groups excluding tert-OH is 2. The molecule has 2 aromatic heterocycles. The molecule has 5 heterocycles. The number of nitrogens with one attached hydrogen (secondary N) is 2. The molecule has 0 radical (unpaired) electrons. The number of ether oxygens (including phenoxy) is 2. The van der Waals surface area contributed by atoms with E-state index in [-0.39, 0.29) is 34.6 Å². The van der Waals surface area contributed by atoms with Gasteiger partial charge in [0, 0.05) is 38.9 Å². The molecule has 15 heteroatoms. The third-order valence-electron chi connectivity index (χ3n) is 7.23. The Labute approximate surface area is 229 Å². The molecule has 3 aliphatic heterocycles. The van der Waals surface area contributed by atoms with E-state index in [2.05, 4.69) is 37.4 Å². The number of rotatable bonds is 5. The number of imidazole rings is 1. The van der Waals surface area contributed by atoms with Crippen LogP contribution in [0.2, 0.25) is 0 Å². The molecule has 0 spiro atoms. The third-order valence-corrected chi connectivity index (χ3v) is 7.23. The van der Waals surface area contributed by atoms with Crippen LogP contribution in [0.5, 0.6) is 0 Å². The van der Waals surface area contributed by atoms with Gasteiger partial charge in [-0.3, -0.25) is 14.2 Å². The Hall–Kier alpha value is -4.00. The van der Waals surface area contributed by atoms with Crippen molar-refractivity contribution in [3.8, 4) is 11.8 Å². The molecule has 3 saturated heterocycles. The zero-order valence-electron chi connectivity index (χ0n) is 21.9. The Kier molecular flexibility index (Phi) is 8.01. The van der Waals surface area contributed by atoms with Gasteiger partial charge in [-0.15, -0.1) is 0 Å². The topological polar surface area (TPSA) is 207 Å². The van der Waals surface area contributed by atoms with Gasteiger partial charge >= 0.3 is 6.09 Å². The van der Waals surface area contributed by atoms with Crippen LogP contribution in [-0.4, -0.2) is 96.7 Å². The normalized spacial score (nSPS) is 26.8. The predicted octanol–water partition coefficient (Wildman–Crippen LogP) is -1.01. The fraction of sp³-hybridized carbons (Fsp3) is 0.600. The monoisotopic (exact) mass is 556 g/mol. The quantitative estimate of drug-likeness (QED) is 0.282. The number of fused-ring (bicyclic) bond motifs is 1. The highest BCUT2D eigenvalue weighted by Gasteiger charge is 2.47. The third kappa shape index (κ3) is 5.64. The van der Waals surface area contributed by atoms with E-state index in [1.807, 2.05) is 0 Å². The molecule has 2 aromatic rings. The minimum Gasteiger partial charge on any atom is -0.425 e. The maximum atomic E-state index is 12.4. The Morgan fingerprint density at radius 3 is 2.73 bits per heavy atom. The number of nitrogen functional groups attached to an aromatic ring is 1. The molecule has 0 bridgehead atoms.